The van der Waals surface area contributed by atoms with Gasteiger partial charge in [-0.3, -0.25) is 15.0 Å². The summed E-state index contributed by atoms with van der Waals surface area (Å²) < 4.78 is 5.18. The Morgan fingerprint density at radius 1 is 1.50 bits per heavy atom. The zero-order chi connectivity index (χ0) is 16.3. The van der Waals surface area contributed by atoms with Crippen LogP contribution in [0.1, 0.15) is 27.2 Å². The van der Waals surface area contributed by atoms with Gasteiger partial charge in [0.25, 0.3) is 0 Å². The van der Waals surface area contributed by atoms with Crippen molar-refractivity contribution in [3.8, 4) is 0 Å². The summed E-state index contributed by atoms with van der Waals surface area (Å²) in [6.45, 7) is 5.97. The molecule has 1 N–H and O–H groups in total. The van der Waals surface area contributed by atoms with Crippen molar-refractivity contribution in [2.45, 2.75) is 32.8 Å². The molecule has 2 rings (SSSR count). The fourth-order valence-electron chi connectivity index (χ4n) is 2.18. The molecule has 1 aliphatic heterocycles. The summed E-state index contributed by atoms with van der Waals surface area (Å²) >= 11 is 4.24. The lowest BCUT2D eigenvalue weighted by Gasteiger charge is -2.20. The molecule has 1 unspecified atom stereocenters. The van der Waals surface area contributed by atoms with E-state index in [1.807, 2.05) is 0 Å². The Balaban J connectivity index is 2.07. The summed E-state index contributed by atoms with van der Waals surface area (Å²) in [6.07, 6.45) is -0.0901. The van der Waals surface area contributed by atoms with Crippen molar-refractivity contribution in [1.82, 2.24) is 4.98 Å². The molecule has 1 fully saturated rings. The van der Waals surface area contributed by atoms with Gasteiger partial charge in [0.2, 0.25) is 5.91 Å². The lowest BCUT2D eigenvalue weighted by atomic mass is 10.1. The molecule has 0 radical (unpaired) electrons. The summed E-state index contributed by atoms with van der Waals surface area (Å²) in [5, 5.41) is 2.58. The Hall–Kier alpha value is -1.76. The minimum Gasteiger partial charge on any atom is -0.444 e. The van der Waals surface area contributed by atoms with Crippen LogP contribution in [0.15, 0.2) is 18.2 Å². The highest BCUT2D eigenvalue weighted by atomic mass is 32.1. The van der Waals surface area contributed by atoms with Crippen LogP contribution in [0, 0.1) is 5.92 Å². The molecular formula is C15H21N3O3S. The first-order valence-electron chi connectivity index (χ1n) is 7.17. The second-order valence-electron chi connectivity index (χ2n) is 6.26. The van der Waals surface area contributed by atoms with E-state index in [2.05, 4.69) is 22.9 Å². The van der Waals surface area contributed by atoms with Crippen LogP contribution in [0.2, 0.25) is 0 Å². The van der Waals surface area contributed by atoms with Crippen molar-refractivity contribution < 1.29 is 14.3 Å². The number of hydrogen-bond donors (Lipinski definition) is 2. The maximum absolute atomic E-state index is 12.0. The molecule has 120 valence electrons. The van der Waals surface area contributed by atoms with Gasteiger partial charge >= 0.3 is 6.09 Å². The highest BCUT2D eigenvalue weighted by Crippen LogP contribution is 2.25. The number of hydrogen-bond acceptors (Lipinski definition) is 5. The van der Waals surface area contributed by atoms with E-state index in [-0.39, 0.29) is 11.8 Å². The molecule has 1 aliphatic rings. The van der Waals surface area contributed by atoms with Gasteiger partial charge in [0.05, 0.1) is 0 Å². The molecule has 1 saturated heterocycles. The number of nitrogens with one attached hydrogen (secondary N) is 1. The largest absolute Gasteiger partial charge is 0.444 e. The summed E-state index contributed by atoms with van der Waals surface area (Å²) in [5.74, 6) is 1.82. The Labute approximate surface area is 135 Å². The fourth-order valence-corrected chi connectivity index (χ4v) is 2.42. The van der Waals surface area contributed by atoms with Crippen molar-refractivity contribution in [3.63, 3.8) is 0 Å². The maximum atomic E-state index is 12.0. The molecule has 22 heavy (non-hydrogen) atoms. The van der Waals surface area contributed by atoms with E-state index >= 15 is 0 Å². The number of nitrogens with zero attached hydrogens (tertiary/aromatic N) is 2. The predicted octanol–water partition coefficient (Wildman–Crippen LogP) is 2.71. The summed E-state index contributed by atoms with van der Waals surface area (Å²) in [5.41, 5.74) is -0.577. The fraction of sp³-hybridized carbons (Fsp3) is 0.533. The van der Waals surface area contributed by atoms with E-state index in [0.29, 0.717) is 30.4 Å². The van der Waals surface area contributed by atoms with E-state index in [0.717, 1.165) is 0 Å². The van der Waals surface area contributed by atoms with Gasteiger partial charge in [-0.05, 0) is 44.6 Å². The lowest BCUT2D eigenvalue weighted by Crippen LogP contribution is -2.28. The molecule has 2 amide bonds. The Kier molecular flexibility index (Phi) is 4.95. The lowest BCUT2D eigenvalue weighted by molar-refractivity contribution is -0.117. The van der Waals surface area contributed by atoms with Gasteiger partial charge < -0.3 is 4.74 Å². The Morgan fingerprint density at radius 3 is 2.82 bits per heavy atom. The molecule has 1 aromatic rings. The van der Waals surface area contributed by atoms with Gasteiger partial charge in [0.15, 0.2) is 0 Å². The summed E-state index contributed by atoms with van der Waals surface area (Å²) in [6, 6.07) is 5.15. The second-order valence-corrected chi connectivity index (χ2v) is 6.63. The normalized spacial score (nSPS) is 18.5. The number of carbonyl (C=O) groups excluding carboxylic acids is 2. The molecule has 0 spiro atoms. The maximum Gasteiger partial charge on any atom is 0.413 e. The minimum atomic E-state index is -0.577. The topological polar surface area (TPSA) is 71.5 Å². The second kappa shape index (κ2) is 6.56. The predicted molar refractivity (Wildman–Crippen MR) is 88.4 cm³/mol. The van der Waals surface area contributed by atoms with E-state index < -0.39 is 11.7 Å². The van der Waals surface area contributed by atoms with Gasteiger partial charge in [-0.1, -0.05) is 6.07 Å². The van der Waals surface area contributed by atoms with Crippen LogP contribution in [0.5, 0.6) is 0 Å². The third kappa shape index (κ3) is 4.37. The monoisotopic (exact) mass is 323 g/mol. The van der Waals surface area contributed by atoms with Gasteiger partial charge in [-0.2, -0.15) is 12.6 Å². The van der Waals surface area contributed by atoms with E-state index in [1.54, 1.807) is 43.9 Å². The number of ether oxygens (including phenoxy) is 1. The first kappa shape index (κ1) is 16.6. The zero-order valence-corrected chi connectivity index (χ0v) is 13.9. The van der Waals surface area contributed by atoms with Crippen LogP contribution in [-0.2, 0) is 9.53 Å². The SMILES string of the molecule is CC(C)(C)OC(=O)Nc1cccc(N2CC(CS)CC2=O)n1. The van der Waals surface area contributed by atoms with Crippen LogP contribution < -0.4 is 10.2 Å². The number of thiol groups is 1. The first-order chi connectivity index (χ1) is 10.3. The standard InChI is InChI=1S/C15H21N3O3S/c1-15(2,3)21-14(20)17-11-5-4-6-12(16-11)18-8-10(9-22)7-13(18)19/h4-6,10,22H,7-9H2,1-3H3,(H,16,17,20). The van der Waals surface area contributed by atoms with Gasteiger partial charge in [0, 0.05) is 13.0 Å². The number of carbonyl (C=O) groups is 2. The molecule has 0 bridgehead atoms. The zero-order valence-electron chi connectivity index (χ0n) is 13.0. The number of aromatic nitrogens is 1. The molecule has 1 atom stereocenters. The highest BCUT2D eigenvalue weighted by Gasteiger charge is 2.30. The molecule has 0 aromatic carbocycles. The van der Waals surface area contributed by atoms with Gasteiger partial charge in [-0.25, -0.2) is 9.78 Å². The van der Waals surface area contributed by atoms with Gasteiger partial charge in [0.1, 0.15) is 17.2 Å². The Morgan fingerprint density at radius 2 is 2.23 bits per heavy atom. The number of rotatable bonds is 3. The molecule has 7 heteroatoms. The third-order valence-electron chi connectivity index (χ3n) is 3.10. The van der Waals surface area contributed by atoms with Crippen molar-refractivity contribution in [3.05, 3.63) is 18.2 Å². The highest BCUT2D eigenvalue weighted by molar-refractivity contribution is 7.80. The molecule has 0 saturated carbocycles. The summed E-state index contributed by atoms with van der Waals surface area (Å²) in [4.78, 5) is 29.7. The van der Waals surface area contributed by atoms with Crippen molar-refractivity contribution >= 4 is 36.3 Å². The quantitative estimate of drug-likeness (QED) is 0.839. The van der Waals surface area contributed by atoms with Gasteiger partial charge in [-0.15, -0.1) is 0 Å². The summed E-state index contributed by atoms with van der Waals surface area (Å²) in [7, 11) is 0. The average Bonchev–Trinajstić information content (AvgIpc) is 2.78. The number of amides is 2. The minimum absolute atomic E-state index is 0.0287. The van der Waals surface area contributed by atoms with E-state index in [9.17, 15) is 9.59 Å². The van der Waals surface area contributed by atoms with Crippen LogP contribution >= 0.6 is 12.6 Å². The van der Waals surface area contributed by atoms with E-state index in [1.165, 1.54) is 0 Å². The molecule has 1 aromatic heterocycles. The van der Waals surface area contributed by atoms with Crippen LogP contribution in [0.3, 0.4) is 0 Å². The molecule has 0 aliphatic carbocycles. The van der Waals surface area contributed by atoms with Crippen LogP contribution in [-0.4, -0.2) is 34.9 Å². The molecule has 2 heterocycles. The van der Waals surface area contributed by atoms with Crippen LogP contribution in [0.4, 0.5) is 16.4 Å². The molecular weight excluding hydrogens is 302 g/mol. The Bertz CT molecular complexity index is 571. The van der Waals surface area contributed by atoms with Crippen molar-refractivity contribution in [1.29, 1.82) is 0 Å². The smallest absolute Gasteiger partial charge is 0.413 e. The molecule has 6 nitrogen and oxygen atoms in total. The van der Waals surface area contributed by atoms with Crippen molar-refractivity contribution in [2.75, 3.05) is 22.5 Å². The number of anilines is 2. The number of pyridine rings is 1. The first-order valence-corrected chi connectivity index (χ1v) is 7.80. The van der Waals surface area contributed by atoms with Crippen molar-refractivity contribution in [2.24, 2.45) is 5.92 Å². The third-order valence-corrected chi connectivity index (χ3v) is 3.62. The average molecular weight is 323 g/mol. The van der Waals surface area contributed by atoms with E-state index in [4.69, 9.17) is 4.74 Å². The van der Waals surface area contributed by atoms with Crippen LogP contribution in [0.25, 0.3) is 0 Å².